The standard InChI is InChI=1S/C14H23N3O/c1-9(2)18-11-5-10(7-16-8-11)13(17-15)12-6-14(12,3)4/h5,7-9,12-13,17H,6,15H2,1-4H3. The van der Waals surface area contributed by atoms with Gasteiger partial charge < -0.3 is 4.74 Å². The molecule has 1 saturated carbocycles. The minimum absolute atomic E-state index is 0.156. The van der Waals surface area contributed by atoms with Crippen LogP contribution < -0.4 is 16.0 Å². The molecule has 4 heteroatoms. The minimum Gasteiger partial charge on any atom is -0.489 e. The van der Waals surface area contributed by atoms with Gasteiger partial charge in [0, 0.05) is 6.20 Å². The van der Waals surface area contributed by atoms with Crippen molar-refractivity contribution in [1.29, 1.82) is 0 Å². The predicted octanol–water partition coefficient (Wildman–Crippen LogP) is 2.42. The molecule has 1 aliphatic rings. The van der Waals surface area contributed by atoms with E-state index in [-0.39, 0.29) is 12.1 Å². The number of hydrogen-bond acceptors (Lipinski definition) is 4. The van der Waals surface area contributed by atoms with Gasteiger partial charge in [-0.05, 0) is 43.2 Å². The molecule has 18 heavy (non-hydrogen) atoms. The van der Waals surface area contributed by atoms with E-state index in [1.54, 1.807) is 6.20 Å². The zero-order valence-corrected chi connectivity index (χ0v) is 11.6. The van der Waals surface area contributed by atoms with Gasteiger partial charge in [0.2, 0.25) is 0 Å². The molecule has 3 N–H and O–H groups in total. The molecule has 2 unspecified atom stereocenters. The Morgan fingerprint density at radius 1 is 1.44 bits per heavy atom. The molecule has 0 bridgehead atoms. The maximum atomic E-state index is 5.70. The molecule has 2 atom stereocenters. The number of ether oxygens (including phenoxy) is 1. The van der Waals surface area contributed by atoms with Crippen LogP contribution in [0.4, 0.5) is 0 Å². The normalized spacial score (nSPS) is 22.9. The molecular weight excluding hydrogens is 226 g/mol. The fourth-order valence-electron chi connectivity index (χ4n) is 2.46. The van der Waals surface area contributed by atoms with E-state index < -0.39 is 0 Å². The molecule has 2 rings (SSSR count). The first-order chi connectivity index (χ1) is 8.44. The fourth-order valence-corrected chi connectivity index (χ4v) is 2.46. The van der Waals surface area contributed by atoms with Gasteiger partial charge in [-0.3, -0.25) is 16.3 Å². The van der Waals surface area contributed by atoms with E-state index in [2.05, 4.69) is 24.3 Å². The average Bonchev–Trinajstić information content (AvgIpc) is 2.88. The van der Waals surface area contributed by atoms with Crippen LogP contribution in [0.2, 0.25) is 0 Å². The van der Waals surface area contributed by atoms with Gasteiger partial charge in [-0.15, -0.1) is 0 Å². The zero-order valence-electron chi connectivity index (χ0n) is 11.6. The van der Waals surface area contributed by atoms with E-state index in [4.69, 9.17) is 10.6 Å². The molecule has 1 aliphatic carbocycles. The molecular formula is C14H23N3O. The third-order valence-corrected chi connectivity index (χ3v) is 3.64. The molecule has 1 heterocycles. The van der Waals surface area contributed by atoms with Gasteiger partial charge in [0.1, 0.15) is 5.75 Å². The number of aromatic nitrogens is 1. The highest BCUT2D eigenvalue weighted by molar-refractivity contribution is 5.28. The Hall–Kier alpha value is -1.13. The van der Waals surface area contributed by atoms with Crippen molar-refractivity contribution in [2.45, 2.75) is 46.3 Å². The number of hydrazine groups is 1. The topological polar surface area (TPSA) is 60.2 Å². The summed E-state index contributed by atoms with van der Waals surface area (Å²) in [6, 6.07) is 2.19. The molecule has 0 aromatic carbocycles. The first kappa shape index (κ1) is 13.3. The lowest BCUT2D eigenvalue weighted by molar-refractivity contribution is 0.241. The molecule has 100 valence electrons. The van der Waals surface area contributed by atoms with Crippen LogP contribution >= 0.6 is 0 Å². The highest BCUT2D eigenvalue weighted by Gasteiger charge is 2.50. The molecule has 1 aromatic heterocycles. The van der Waals surface area contributed by atoms with Crippen LogP contribution in [0.25, 0.3) is 0 Å². The first-order valence-corrected chi connectivity index (χ1v) is 6.52. The summed E-state index contributed by atoms with van der Waals surface area (Å²) >= 11 is 0. The van der Waals surface area contributed by atoms with Crippen LogP contribution in [0.15, 0.2) is 18.5 Å². The summed E-state index contributed by atoms with van der Waals surface area (Å²) in [4.78, 5) is 4.24. The van der Waals surface area contributed by atoms with E-state index in [1.807, 2.05) is 26.1 Å². The Morgan fingerprint density at radius 2 is 2.11 bits per heavy atom. The van der Waals surface area contributed by atoms with Crippen molar-refractivity contribution in [3.05, 3.63) is 24.0 Å². The van der Waals surface area contributed by atoms with Gasteiger partial charge in [0.05, 0.1) is 18.3 Å². The van der Waals surface area contributed by atoms with Crippen molar-refractivity contribution in [1.82, 2.24) is 10.4 Å². The Labute approximate surface area is 109 Å². The number of rotatable bonds is 5. The second kappa shape index (κ2) is 4.86. The van der Waals surface area contributed by atoms with Crippen molar-refractivity contribution in [3.8, 4) is 5.75 Å². The highest BCUT2D eigenvalue weighted by atomic mass is 16.5. The lowest BCUT2D eigenvalue weighted by atomic mass is 9.99. The van der Waals surface area contributed by atoms with E-state index >= 15 is 0 Å². The summed E-state index contributed by atoms with van der Waals surface area (Å²) in [6.45, 7) is 8.55. The molecule has 1 fully saturated rings. The summed E-state index contributed by atoms with van der Waals surface area (Å²) in [6.07, 6.45) is 4.96. The number of pyridine rings is 1. The number of nitrogens with two attached hydrogens (primary N) is 1. The molecule has 0 aliphatic heterocycles. The van der Waals surface area contributed by atoms with Crippen LogP contribution in [0.1, 0.15) is 45.7 Å². The Kier molecular flexibility index (Phi) is 3.59. The summed E-state index contributed by atoms with van der Waals surface area (Å²) in [5, 5.41) is 0. The Morgan fingerprint density at radius 3 is 2.61 bits per heavy atom. The van der Waals surface area contributed by atoms with E-state index in [9.17, 15) is 0 Å². The van der Waals surface area contributed by atoms with Crippen LogP contribution in [0.5, 0.6) is 5.75 Å². The zero-order chi connectivity index (χ0) is 13.3. The summed E-state index contributed by atoms with van der Waals surface area (Å²) in [7, 11) is 0. The van der Waals surface area contributed by atoms with Gasteiger partial charge in [-0.2, -0.15) is 0 Å². The monoisotopic (exact) mass is 249 g/mol. The summed E-state index contributed by atoms with van der Waals surface area (Å²) < 4.78 is 5.67. The second-order valence-corrected chi connectivity index (χ2v) is 6.06. The third-order valence-electron chi connectivity index (χ3n) is 3.64. The number of nitrogens with one attached hydrogen (secondary N) is 1. The third kappa shape index (κ3) is 2.82. The molecule has 4 nitrogen and oxygen atoms in total. The van der Waals surface area contributed by atoms with Crippen LogP contribution in [0.3, 0.4) is 0 Å². The van der Waals surface area contributed by atoms with Gasteiger partial charge in [-0.1, -0.05) is 13.8 Å². The van der Waals surface area contributed by atoms with E-state index in [1.165, 1.54) is 6.42 Å². The lowest BCUT2D eigenvalue weighted by Gasteiger charge is -2.19. The Bertz CT molecular complexity index is 417. The van der Waals surface area contributed by atoms with Crippen LogP contribution in [0, 0.1) is 11.3 Å². The van der Waals surface area contributed by atoms with Gasteiger partial charge in [-0.25, -0.2) is 0 Å². The smallest absolute Gasteiger partial charge is 0.138 e. The predicted molar refractivity (Wildman–Crippen MR) is 72.0 cm³/mol. The van der Waals surface area contributed by atoms with Gasteiger partial charge >= 0.3 is 0 Å². The minimum atomic E-state index is 0.156. The average molecular weight is 249 g/mol. The molecule has 0 spiro atoms. The molecule has 0 amide bonds. The molecule has 1 aromatic rings. The summed E-state index contributed by atoms with van der Waals surface area (Å²) in [5.41, 5.74) is 4.39. The van der Waals surface area contributed by atoms with E-state index in [0.29, 0.717) is 11.3 Å². The second-order valence-electron chi connectivity index (χ2n) is 6.06. The van der Waals surface area contributed by atoms with Crippen molar-refractivity contribution >= 4 is 0 Å². The highest BCUT2D eigenvalue weighted by Crippen LogP contribution is 2.57. The summed E-state index contributed by atoms with van der Waals surface area (Å²) in [5.74, 6) is 7.07. The quantitative estimate of drug-likeness (QED) is 0.621. The maximum Gasteiger partial charge on any atom is 0.138 e. The van der Waals surface area contributed by atoms with Gasteiger partial charge in [0.25, 0.3) is 0 Å². The van der Waals surface area contributed by atoms with Crippen molar-refractivity contribution in [2.24, 2.45) is 17.2 Å². The largest absolute Gasteiger partial charge is 0.489 e. The van der Waals surface area contributed by atoms with Crippen molar-refractivity contribution < 1.29 is 4.74 Å². The van der Waals surface area contributed by atoms with Crippen LogP contribution in [-0.2, 0) is 0 Å². The Balaban J connectivity index is 2.16. The number of nitrogens with zero attached hydrogens (tertiary/aromatic N) is 1. The number of hydrogen-bond donors (Lipinski definition) is 2. The van der Waals surface area contributed by atoms with Crippen molar-refractivity contribution in [3.63, 3.8) is 0 Å². The van der Waals surface area contributed by atoms with Gasteiger partial charge in [0.15, 0.2) is 0 Å². The fraction of sp³-hybridized carbons (Fsp3) is 0.643. The van der Waals surface area contributed by atoms with E-state index in [0.717, 1.165) is 11.3 Å². The molecule has 0 radical (unpaired) electrons. The maximum absolute atomic E-state index is 5.70. The van der Waals surface area contributed by atoms with Crippen molar-refractivity contribution in [2.75, 3.05) is 0 Å². The lowest BCUT2D eigenvalue weighted by Crippen LogP contribution is -2.30. The first-order valence-electron chi connectivity index (χ1n) is 6.52. The molecule has 0 saturated heterocycles. The SMILES string of the molecule is CC(C)Oc1cncc(C(NN)C2CC2(C)C)c1. The van der Waals surface area contributed by atoms with Crippen LogP contribution in [-0.4, -0.2) is 11.1 Å².